The predicted molar refractivity (Wildman–Crippen MR) is 110 cm³/mol. The van der Waals surface area contributed by atoms with Crippen LogP contribution in [0.3, 0.4) is 0 Å². The number of ether oxygens (including phenoxy) is 1. The summed E-state index contributed by atoms with van der Waals surface area (Å²) in [5, 5.41) is 3.00. The Bertz CT molecular complexity index is 943. The lowest BCUT2D eigenvalue weighted by molar-refractivity contribution is 0.0730. The van der Waals surface area contributed by atoms with E-state index >= 15 is 0 Å². The standard InChI is InChI=1S/C19H21ClN2O4S2/c1-27-15-4-2-14(3-5-15)13-21-19(23)17-12-16(6-7-18(17)20)28(24,25)22-8-10-26-11-9-22/h2-7,12H,8-11,13H2,1H3,(H,21,23). The maximum Gasteiger partial charge on any atom is 0.253 e. The molecule has 1 saturated heterocycles. The molecule has 28 heavy (non-hydrogen) atoms. The van der Waals surface area contributed by atoms with Crippen molar-refractivity contribution in [2.45, 2.75) is 16.3 Å². The first-order valence-corrected chi connectivity index (χ1v) is 11.7. The Hall–Kier alpha value is -1.58. The van der Waals surface area contributed by atoms with Crippen molar-refractivity contribution in [3.8, 4) is 0 Å². The van der Waals surface area contributed by atoms with Gasteiger partial charge >= 0.3 is 0 Å². The Labute approximate surface area is 174 Å². The zero-order valence-corrected chi connectivity index (χ0v) is 17.7. The summed E-state index contributed by atoms with van der Waals surface area (Å²) in [5.74, 6) is -0.419. The van der Waals surface area contributed by atoms with Crippen LogP contribution < -0.4 is 5.32 Å². The van der Waals surface area contributed by atoms with E-state index in [1.165, 1.54) is 22.5 Å². The van der Waals surface area contributed by atoms with E-state index in [9.17, 15) is 13.2 Å². The minimum absolute atomic E-state index is 0.0493. The highest BCUT2D eigenvalue weighted by Gasteiger charge is 2.27. The van der Waals surface area contributed by atoms with E-state index in [1.807, 2.05) is 30.5 Å². The van der Waals surface area contributed by atoms with Crippen LogP contribution in [0.1, 0.15) is 15.9 Å². The van der Waals surface area contributed by atoms with Crippen LogP contribution in [0.5, 0.6) is 0 Å². The van der Waals surface area contributed by atoms with Gasteiger partial charge in [-0.2, -0.15) is 4.31 Å². The first-order chi connectivity index (χ1) is 13.4. The van der Waals surface area contributed by atoms with Crippen molar-refractivity contribution in [3.63, 3.8) is 0 Å². The molecule has 0 atom stereocenters. The van der Waals surface area contributed by atoms with Gasteiger partial charge in [-0.15, -0.1) is 11.8 Å². The molecule has 0 bridgehead atoms. The van der Waals surface area contributed by atoms with Gasteiger partial charge in [0.05, 0.1) is 28.7 Å². The van der Waals surface area contributed by atoms with Crippen LogP contribution in [-0.4, -0.2) is 51.2 Å². The number of hydrogen-bond donors (Lipinski definition) is 1. The average Bonchev–Trinajstić information content (AvgIpc) is 2.73. The molecular formula is C19H21ClN2O4S2. The number of rotatable bonds is 6. The second-order valence-corrected chi connectivity index (χ2v) is 9.41. The quantitative estimate of drug-likeness (QED) is 0.699. The fraction of sp³-hybridized carbons (Fsp3) is 0.316. The normalized spacial score (nSPS) is 15.4. The van der Waals surface area contributed by atoms with E-state index in [1.54, 1.807) is 11.8 Å². The summed E-state index contributed by atoms with van der Waals surface area (Å²) in [4.78, 5) is 13.8. The van der Waals surface area contributed by atoms with Gasteiger partial charge in [-0.3, -0.25) is 4.79 Å². The van der Waals surface area contributed by atoms with Gasteiger partial charge < -0.3 is 10.1 Å². The summed E-state index contributed by atoms with van der Waals surface area (Å²) in [6.45, 7) is 1.62. The molecule has 1 amide bonds. The number of carbonyl (C=O) groups excluding carboxylic acids is 1. The molecule has 2 aromatic carbocycles. The summed E-state index contributed by atoms with van der Waals surface area (Å²) in [6, 6.07) is 12.0. The highest BCUT2D eigenvalue weighted by molar-refractivity contribution is 7.98. The van der Waals surface area contributed by atoms with E-state index in [0.29, 0.717) is 32.8 Å². The first-order valence-electron chi connectivity index (χ1n) is 8.70. The van der Waals surface area contributed by atoms with Gasteiger partial charge in [-0.25, -0.2) is 8.42 Å². The van der Waals surface area contributed by atoms with E-state index in [4.69, 9.17) is 16.3 Å². The number of nitrogens with zero attached hydrogens (tertiary/aromatic N) is 1. The van der Waals surface area contributed by atoms with Crippen molar-refractivity contribution in [2.75, 3.05) is 32.6 Å². The Morgan fingerprint density at radius 3 is 2.50 bits per heavy atom. The third-order valence-corrected chi connectivity index (χ3v) is 7.37. The molecule has 9 heteroatoms. The Balaban J connectivity index is 1.75. The Morgan fingerprint density at radius 1 is 1.18 bits per heavy atom. The maximum absolute atomic E-state index is 12.8. The predicted octanol–water partition coefficient (Wildman–Crippen LogP) is 3.01. The molecule has 0 aromatic heterocycles. The molecule has 1 aliphatic heterocycles. The van der Waals surface area contributed by atoms with Crippen LogP contribution >= 0.6 is 23.4 Å². The van der Waals surface area contributed by atoms with Crippen LogP contribution in [0.4, 0.5) is 0 Å². The molecule has 6 nitrogen and oxygen atoms in total. The lowest BCUT2D eigenvalue weighted by atomic mass is 10.2. The number of thioether (sulfide) groups is 1. The van der Waals surface area contributed by atoms with Gasteiger partial charge in [0.2, 0.25) is 10.0 Å². The molecule has 1 fully saturated rings. The molecule has 0 unspecified atom stereocenters. The number of carbonyl (C=O) groups is 1. The third-order valence-electron chi connectivity index (χ3n) is 4.40. The molecule has 150 valence electrons. The largest absolute Gasteiger partial charge is 0.379 e. The zero-order chi connectivity index (χ0) is 20.1. The van der Waals surface area contributed by atoms with Gasteiger partial charge in [-0.1, -0.05) is 23.7 Å². The van der Waals surface area contributed by atoms with Crippen molar-refractivity contribution < 1.29 is 17.9 Å². The van der Waals surface area contributed by atoms with Crippen molar-refractivity contribution >= 4 is 39.3 Å². The molecule has 3 rings (SSSR count). The topological polar surface area (TPSA) is 75.7 Å². The van der Waals surface area contributed by atoms with E-state index in [-0.39, 0.29) is 15.5 Å². The fourth-order valence-corrected chi connectivity index (χ4v) is 4.84. The van der Waals surface area contributed by atoms with Crippen LogP contribution in [-0.2, 0) is 21.3 Å². The maximum atomic E-state index is 12.8. The first kappa shape index (κ1) is 21.1. The lowest BCUT2D eigenvalue weighted by Gasteiger charge is -2.26. The number of hydrogen-bond acceptors (Lipinski definition) is 5. The van der Waals surface area contributed by atoms with Crippen molar-refractivity contribution in [3.05, 3.63) is 58.6 Å². The molecule has 1 aliphatic rings. The molecule has 0 radical (unpaired) electrons. The van der Waals surface area contributed by atoms with E-state index < -0.39 is 15.9 Å². The third kappa shape index (κ3) is 4.87. The van der Waals surface area contributed by atoms with Crippen molar-refractivity contribution in [1.29, 1.82) is 0 Å². The summed E-state index contributed by atoms with van der Waals surface area (Å²) >= 11 is 7.80. The summed E-state index contributed by atoms with van der Waals surface area (Å²) < 4.78 is 32.2. The summed E-state index contributed by atoms with van der Waals surface area (Å²) in [7, 11) is -3.70. The highest BCUT2D eigenvalue weighted by atomic mass is 35.5. The smallest absolute Gasteiger partial charge is 0.253 e. The Kier molecular flexibility index (Phi) is 7.00. The minimum Gasteiger partial charge on any atom is -0.379 e. The SMILES string of the molecule is CSc1ccc(CNC(=O)c2cc(S(=O)(=O)N3CCOCC3)ccc2Cl)cc1. The molecule has 1 N–H and O–H groups in total. The van der Waals surface area contributed by atoms with Gasteiger partial charge in [0.1, 0.15) is 0 Å². The fourth-order valence-electron chi connectivity index (χ4n) is 2.80. The van der Waals surface area contributed by atoms with Gasteiger partial charge in [0, 0.05) is 24.5 Å². The second kappa shape index (κ2) is 9.28. The van der Waals surface area contributed by atoms with Crippen molar-refractivity contribution in [2.24, 2.45) is 0 Å². The molecule has 0 aliphatic carbocycles. The molecule has 0 spiro atoms. The van der Waals surface area contributed by atoms with Crippen molar-refractivity contribution in [1.82, 2.24) is 9.62 Å². The lowest BCUT2D eigenvalue weighted by Crippen LogP contribution is -2.40. The number of sulfonamides is 1. The van der Waals surface area contributed by atoms with Crippen LogP contribution in [0, 0.1) is 0 Å². The monoisotopic (exact) mass is 440 g/mol. The summed E-state index contributed by atoms with van der Waals surface area (Å²) in [6.07, 6.45) is 2.00. The number of nitrogens with one attached hydrogen (secondary N) is 1. The number of halogens is 1. The zero-order valence-electron chi connectivity index (χ0n) is 15.4. The number of morpholine rings is 1. The van der Waals surface area contributed by atoms with Gasteiger partial charge in [-0.05, 0) is 42.2 Å². The Morgan fingerprint density at radius 2 is 1.86 bits per heavy atom. The number of benzene rings is 2. The molecular weight excluding hydrogens is 420 g/mol. The second-order valence-electron chi connectivity index (χ2n) is 6.19. The molecule has 0 saturated carbocycles. The average molecular weight is 441 g/mol. The van der Waals surface area contributed by atoms with Crippen LogP contribution in [0.15, 0.2) is 52.3 Å². The molecule has 1 heterocycles. The van der Waals surface area contributed by atoms with Gasteiger partial charge in [0.15, 0.2) is 0 Å². The van der Waals surface area contributed by atoms with Gasteiger partial charge in [0.25, 0.3) is 5.91 Å². The van der Waals surface area contributed by atoms with Crippen LogP contribution in [0.2, 0.25) is 5.02 Å². The molecule has 2 aromatic rings. The van der Waals surface area contributed by atoms with E-state index in [0.717, 1.165) is 10.5 Å². The van der Waals surface area contributed by atoms with E-state index in [2.05, 4.69) is 5.32 Å². The summed E-state index contributed by atoms with van der Waals surface area (Å²) in [5.41, 5.74) is 1.08. The number of amides is 1. The highest BCUT2D eigenvalue weighted by Crippen LogP contribution is 2.24. The minimum atomic E-state index is -3.70. The van der Waals surface area contributed by atoms with Crippen LogP contribution in [0.25, 0.3) is 0 Å².